The first-order valence-corrected chi connectivity index (χ1v) is 9.56. The Hall–Kier alpha value is -2.54. The predicted octanol–water partition coefficient (Wildman–Crippen LogP) is 7.08. The van der Waals surface area contributed by atoms with Crippen molar-refractivity contribution in [2.45, 2.75) is 46.0 Å². The molecule has 1 nitrogen and oxygen atoms in total. The van der Waals surface area contributed by atoms with E-state index >= 15 is 0 Å². The molecule has 0 radical (unpaired) electrons. The van der Waals surface area contributed by atoms with Crippen LogP contribution in [0, 0.1) is 0 Å². The van der Waals surface area contributed by atoms with E-state index in [1.54, 1.807) is 0 Å². The van der Waals surface area contributed by atoms with Crippen molar-refractivity contribution in [3.63, 3.8) is 0 Å². The maximum absolute atomic E-state index is 6.12. The van der Waals surface area contributed by atoms with Crippen LogP contribution in [0.4, 0.5) is 0 Å². The monoisotopic (exact) mass is 342 g/mol. The van der Waals surface area contributed by atoms with Crippen molar-refractivity contribution in [1.29, 1.82) is 0 Å². The molecule has 0 atom stereocenters. The van der Waals surface area contributed by atoms with Gasteiger partial charge in [-0.1, -0.05) is 70.2 Å². The van der Waals surface area contributed by atoms with Gasteiger partial charge in [0, 0.05) is 12.0 Å². The van der Waals surface area contributed by atoms with Gasteiger partial charge in [0.1, 0.15) is 11.5 Å². The van der Waals surface area contributed by atoms with E-state index in [2.05, 4.69) is 76.3 Å². The summed E-state index contributed by atoms with van der Waals surface area (Å²) in [6.07, 6.45) is 7.60. The Labute approximate surface area is 156 Å². The average molecular weight is 342 g/mol. The van der Waals surface area contributed by atoms with Gasteiger partial charge in [-0.25, -0.2) is 0 Å². The SMILES string of the molecule is CC(C)c1cccc(C(C)C)c1C1=CC=C2Oc3ccccc3C=C2C1. The number of hydrogen-bond donors (Lipinski definition) is 0. The summed E-state index contributed by atoms with van der Waals surface area (Å²) in [6, 6.07) is 15.0. The standard InChI is InChI=1S/C25H26O/c1-16(2)21-9-7-10-22(17(3)4)25(21)19-12-13-24-20(15-19)14-18-8-5-6-11-23(18)26-24/h5-14,16-17H,15H2,1-4H3. The summed E-state index contributed by atoms with van der Waals surface area (Å²) in [5.41, 5.74) is 8.16. The van der Waals surface area contributed by atoms with Crippen molar-refractivity contribution in [3.05, 3.63) is 88.2 Å². The average Bonchev–Trinajstić information content (AvgIpc) is 2.65. The first kappa shape index (κ1) is 16.9. The van der Waals surface area contributed by atoms with Crippen molar-refractivity contribution >= 4 is 11.6 Å². The smallest absolute Gasteiger partial charge is 0.134 e. The summed E-state index contributed by atoms with van der Waals surface area (Å²) < 4.78 is 6.12. The van der Waals surface area contributed by atoms with Crippen LogP contribution in [0.3, 0.4) is 0 Å². The maximum atomic E-state index is 6.12. The molecule has 0 aromatic heterocycles. The predicted molar refractivity (Wildman–Crippen MR) is 110 cm³/mol. The number of benzene rings is 2. The van der Waals surface area contributed by atoms with Gasteiger partial charge >= 0.3 is 0 Å². The quantitative estimate of drug-likeness (QED) is 0.579. The minimum atomic E-state index is 0.507. The molecule has 2 aromatic rings. The highest BCUT2D eigenvalue weighted by atomic mass is 16.5. The summed E-state index contributed by atoms with van der Waals surface area (Å²) in [7, 11) is 0. The molecule has 0 N–H and O–H groups in total. The van der Waals surface area contributed by atoms with E-state index in [0.717, 1.165) is 17.9 Å². The summed E-state index contributed by atoms with van der Waals surface area (Å²) in [5.74, 6) is 2.95. The molecule has 132 valence electrons. The van der Waals surface area contributed by atoms with Crippen LogP contribution >= 0.6 is 0 Å². The van der Waals surface area contributed by atoms with Gasteiger partial charge in [-0.15, -0.1) is 0 Å². The third-order valence-corrected chi connectivity index (χ3v) is 5.30. The molecule has 2 aromatic carbocycles. The molecule has 4 rings (SSSR count). The van der Waals surface area contributed by atoms with E-state index in [0.29, 0.717) is 11.8 Å². The zero-order chi connectivity index (χ0) is 18.3. The second-order valence-electron chi connectivity index (χ2n) is 7.83. The number of hydrogen-bond acceptors (Lipinski definition) is 1. The molecule has 1 aliphatic carbocycles. The topological polar surface area (TPSA) is 9.23 Å². The summed E-state index contributed by atoms with van der Waals surface area (Å²) in [4.78, 5) is 0. The van der Waals surface area contributed by atoms with Crippen LogP contribution in [0.25, 0.3) is 11.6 Å². The molecule has 0 saturated carbocycles. The fourth-order valence-electron chi connectivity index (χ4n) is 3.95. The molecule has 1 aliphatic heterocycles. The third-order valence-electron chi connectivity index (χ3n) is 5.30. The van der Waals surface area contributed by atoms with Gasteiger partial charge in [-0.2, -0.15) is 0 Å². The lowest BCUT2D eigenvalue weighted by Crippen LogP contribution is -2.11. The minimum absolute atomic E-state index is 0.507. The molecular formula is C25H26O. The zero-order valence-corrected chi connectivity index (χ0v) is 16.0. The largest absolute Gasteiger partial charge is 0.456 e. The van der Waals surface area contributed by atoms with E-state index in [4.69, 9.17) is 4.74 Å². The Balaban J connectivity index is 1.81. The van der Waals surface area contributed by atoms with Gasteiger partial charge in [-0.3, -0.25) is 0 Å². The van der Waals surface area contributed by atoms with Gasteiger partial charge in [0.05, 0.1) is 0 Å². The number of rotatable bonds is 3. The van der Waals surface area contributed by atoms with Gasteiger partial charge in [0.2, 0.25) is 0 Å². The molecular weight excluding hydrogens is 316 g/mol. The molecule has 0 bridgehead atoms. The van der Waals surface area contributed by atoms with Crippen LogP contribution in [0.1, 0.15) is 68.2 Å². The van der Waals surface area contributed by atoms with Crippen molar-refractivity contribution in [2.24, 2.45) is 0 Å². The van der Waals surface area contributed by atoms with Gasteiger partial charge in [0.15, 0.2) is 0 Å². The Bertz CT molecular complexity index is 912. The minimum Gasteiger partial charge on any atom is -0.456 e. The lowest BCUT2D eigenvalue weighted by Gasteiger charge is -2.27. The van der Waals surface area contributed by atoms with Gasteiger partial charge in [-0.05, 0) is 57.9 Å². The molecule has 0 spiro atoms. The van der Waals surface area contributed by atoms with Crippen LogP contribution in [0.5, 0.6) is 5.75 Å². The highest BCUT2D eigenvalue weighted by Gasteiger charge is 2.24. The van der Waals surface area contributed by atoms with E-state index < -0.39 is 0 Å². The van der Waals surface area contributed by atoms with Crippen molar-refractivity contribution in [3.8, 4) is 5.75 Å². The Morgan fingerprint density at radius 2 is 1.46 bits per heavy atom. The van der Waals surface area contributed by atoms with Gasteiger partial charge < -0.3 is 4.74 Å². The fourth-order valence-corrected chi connectivity index (χ4v) is 3.95. The van der Waals surface area contributed by atoms with E-state index in [-0.39, 0.29) is 0 Å². The number of fused-ring (bicyclic) bond motifs is 2. The Kier molecular flexibility index (Phi) is 4.32. The Morgan fingerprint density at radius 1 is 0.769 bits per heavy atom. The fraction of sp³-hybridized carbons (Fsp3) is 0.280. The van der Waals surface area contributed by atoms with E-state index in [1.807, 2.05) is 12.1 Å². The summed E-state index contributed by atoms with van der Waals surface area (Å²) >= 11 is 0. The van der Waals surface area contributed by atoms with Crippen LogP contribution < -0.4 is 4.74 Å². The van der Waals surface area contributed by atoms with Crippen LogP contribution in [-0.2, 0) is 0 Å². The lowest BCUT2D eigenvalue weighted by atomic mass is 9.81. The van der Waals surface area contributed by atoms with E-state index in [9.17, 15) is 0 Å². The van der Waals surface area contributed by atoms with Crippen LogP contribution in [0.2, 0.25) is 0 Å². The highest BCUT2D eigenvalue weighted by molar-refractivity contribution is 5.81. The number of ether oxygens (including phenoxy) is 1. The number of allylic oxidation sites excluding steroid dienone is 4. The second kappa shape index (κ2) is 6.64. The summed E-state index contributed by atoms with van der Waals surface area (Å²) in [6.45, 7) is 9.14. The first-order valence-electron chi connectivity index (χ1n) is 9.56. The molecule has 1 heterocycles. The van der Waals surface area contributed by atoms with Crippen LogP contribution in [-0.4, -0.2) is 0 Å². The third kappa shape index (κ3) is 2.92. The molecule has 0 unspecified atom stereocenters. The maximum Gasteiger partial charge on any atom is 0.134 e. The molecule has 1 heteroatoms. The zero-order valence-electron chi connectivity index (χ0n) is 16.0. The molecule has 26 heavy (non-hydrogen) atoms. The van der Waals surface area contributed by atoms with E-state index in [1.165, 1.54) is 33.4 Å². The highest BCUT2D eigenvalue weighted by Crippen LogP contribution is 2.42. The van der Waals surface area contributed by atoms with Crippen molar-refractivity contribution in [2.75, 3.05) is 0 Å². The van der Waals surface area contributed by atoms with Crippen LogP contribution in [0.15, 0.2) is 65.9 Å². The molecule has 0 saturated heterocycles. The molecule has 0 fully saturated rings. The molecule has 0 amide bonds. The summed E-state index contributed by atoms with van der Waals surface area (Å²) in [5, 5.41) is 0. The van der Waals surface area contributed by atoms with Crippen molar-refractivity contribution in [1.82, 2.24) is 0 Å². The second-order valence-corrected chi connectivity index (χ2v) is 7.83. The number of para-hydroxylation sites is 1. The first-order chi connectivity index (χ1) is 12.5. The lowest BCUT2D eigenvalue weighted by molar-refractivity contribution is 0.428. The normalized spacial score (nSPS) is 15.7. The molecule has 2 aliphatic rings. The van der Waals surface area contributed by atoms with Gasteiger partial charge in [0.25, 0.3) is 0 Å². The Morgan fingerprint density at radius 3 is 2.15 bits per heavy atom. The van der Waals surface area contributed by atoms with Crippen molar-refractivity contribution < 1.29 is 4.74 Å².